The van der Waals surface area contributed by atoms with Crippen molar-refractivity contribution in [2.24, 2.45) is 5.16 Å². The van der Waals surface area contributed by atoms with Crippen LogP contribution in [0.15, 0.2) is 90.1 Å². The number of imidazole rings is 1. The van der Waals surface area contributed by atoms with Crippen LogP contribution in [0.4, 0.5) is 0 Å². The fraction of sp³-hybridized carbons (Fsp3) is 0.0476. The summed E-state index contributed by atoms with van der Waals surface area (Å²) >= 11 is 0. The van der Waals surface area contributed by atoms with Crippen molar-refractivity contribution in [1.29, 1.82) is 0 Å². The smallest absolute Gasteiger partial charge is 0.164 e. The summed E-state index contributed by atoms with van der Waals surface area (Å²) in [5.41, 5.74) is 4.35. The van der Waals surface area contributed by atoms with Gasteiger partial charge in [-0.1, -0.05) is 78.0 Å². The molecule has 0 aliphatic heterocycles. The first-order valence-electron chi connectivity index (χ1n) is 8.14. The fourth-order valence-corrected chi connectivity index (χ4v) is 3.01. The molecule has 122 valence electrons. The Morgan fingerprint density at radius 3 is 2.20 bits per heavy atom. The van der Waals surface area contributed by atoms with Gasteiger partial charge in [-0.15, -0.1) is 0 Å². The molecule has 0 amide bonds. The minimum Gasteiger partial charge on any atom is -0.410 e. The second-order valence-corrected chi connectivity index (χ2v) is 5.81. The van der Waals surface area contributed by atoms with Crippen molar-refractivity contribution in [3.8, 4) is 0 Å². The molecule has 1 N–H and O–H groups in total. The first-order valence-corrected chi connectivity index (χ1v) is 8.14. The van der Waals surface area contributed by atoms with E-state index >= 15 is 0 Å². The topological polar surface area (TPSA) is 50.4 Å². The Bertz CT molecular complexity index is 1020. The van der Waals surface area contributed by atoms with Gasteiger partial charge in [0.05, 0.1) is 11.0 Å². The number of benzene rings is 3. The zero-order valence-corrected chi connectivity index (χ0v) is 13.6. The van der Waals surface area contributed by atoms with Gasteiger partial charge in [-0.3, -0.25) is 0 Å². The van der Waals surface area contributed by atoms with Crippen molar-refractivity contribution in [1.82, 2.24) is 9.55 Å². The molecule has 1 heterocycles. The average molecular weight is 327 g/mol. The van der Waals surface area contributed by atoms with Crippen molar-refractivity contribution in [3.05, 3.63) is 102 Å². The van der Waals surface area contributed by atoms with E-state index in [0.717, 1.165) is 22.2 Å². The Labute approximate surface area is 145 Å². The Morgan fingerprint density at radius 1 is 0.840 bits per heavy atom. The van der Waals surface area contributed by atoms with E-state index in [9.17, 15) is 5.21 Å². The van der Waals surface area contributed by atoms with Crippen LogP contribution in [0.2, 0.25) is 0 Å². The molecule has 0 saturated heterocycles. The average Bonchev–Trinajstić information content (AvgIpc) is 3.03. The second kappa shape index (κ2) is 6.61. The van der Waals surface area contributed by atoms with Crippen molar-refractivity contribution in [3.63, 3.8) is 0 Å². The zero-order chi connectivity index (χ0) is 17.1. The highest BCUT2D eigenvalue weighted by molar-refractivity contribution is 6.11. The van der Waals surface area contributed by atoms with Crippen molar-refractivity contribution in [2.75, 3.05) is 0 Å². The summed E-state index contributed by atoms with van der Waals surface area (Å²) in [6, 6.07) is 27.8. The lowest BCUT2D eigenvalue weighted by Gasteiger charge is -2.10. The fourth-order valence-electron chi connectivity index (χ4n) is 3.01. The molecule has 1 aromatic heterocycles. The van der Waals surface area contributed by atoms with E-state index in [1.807, 2.05) is 72.8 Å². The van der Waals surface area contributed by atoms with Gasteiger partial charge in [-0.25, -0.2) is 4.98 Å². The highest BCUT2D eigenvalue weighted by atomic mass is 16.4. The molecule has 0 spiro atoms. The molecule has 0 fully saturated rings. The molecule has 0 atom stereocenters. The van der Waals surface area contributed by atoms with Crippen LogP contribution in [0, 0.1) is 0 Å². The van der Waals surface area contributed by atoms with Gasteiger partial charge in [-0.05, 0) is 17.7 Å². The first kappa shape index (κ1) is 15.1. The van der Waals surface area contributed by atoms with E-state index in [-0.39, 0.29) is 0 Å². The van der Waals surface area contributed by atoms with Gasteiger partial charge in [0.15, 0.2) is 11.5 Å². The lowest BCUT2D eigenvalue weighted by molar-refractivity contribution is 0.319. The van der Waals surface area contributed by atoms with Crippen molar-refractivity contribution in [2.45, 2.75) is 6.54 Å². The van der Waals surface area contributed by atoms with Crippen LogP contribution in [0.1, 0.15) is 17.0 Å². The molecule has 4 aromatic rings. The Morgan fingerprint density at radius 2 is 1.48 bits per heavy atom. The summed E-state index contributed by atoms with van der Waals surface area (Å²) in [6.07, 6.45) is 0. The lowest BCUT2D eigenvalue weighted by Crippen LogP contribution is -2.13. The van der Waals surface area contributed by atoms with Gasteiger partial charge in [0, 0.05) is 12.1 Å². The monoisotopic (exact) mass is 327 g/mol. The maximum atomic E-state index is 9.68. The van der Waals surface area contributed by atoms with E-state index in [0.29, 0.717) is 18.1 Å². The molecule has 0 aliphatic carbocycles. The van der Waals surface area contributed by atoms with Gasteiger partial charge in [-0.2, -0.15) is 0 Å². The number of fused-ring (bicyclic) bond motifs is 1. The number of oxime groups is 1. The molecule has 0 radical (unpaired) electrons. The maximum absolute atomic E-state index is 9.68. The maximum Gasteiger partial charge on any atom is 0.164 e. The van der Waals surface area contributed by atoms with E-state index in [2.05, 4.69) is 21.9 Å². The molecule has 4 rings (SSSR count). The van der Waals surface area contributed by atoms with Gasteiger partial charge in [0.2, 0.25) is 0 Å². The highest BCUT2D eigenvalue weighted by Gasteiger charge is 2.18. The van der Waals surface area contributed by atoms with Crippen LogP contribution in [-0.2, 0) is 6.54 Å². The largest absolute Gasteiger partial charge is 0.410 e. The third-order valence-corrected chi connectivity index (χ3v) is 4.20. The van der Waals surface area contributed by atoms with Crippen LogP contribution in [0.25, 0.3) is 11.0 Å². The van der Waals surface area contributed by atoms with Crippen LogP contribution in [0.3, 0.4) is 0 Å². The zero-order valence-electron chi connectivity index (χ0n) is 13.6. The van der Waals surface area contributed by atoms with Crippen molar-refractivity contribution < 1.29 is 5.21 Å². The number of rotatable bonds is 4. The number of nitrogens with zero attached hydrogens (tertiary/aromatic N) is 3. The molecule has 25 heavy (non-hydrogen) atoms. The van der Waals surface area contributed by atoms with Crippen LogP contribution >= 0.6 is 0 Å². The standard InChI is InChI=1S/C21H17N3O/c25-23-20(17-11-5-2-6-12-17)21-22-18-13-7-8-14-19(18)24(21)15-16-9-3-1-4-10-16/h1-14,25H,15H2/b23-20+. The number of hydrogen-bond donors (Lipinski definition) is 1. The SMILES string of the molecule is O/N=C(\c1ccccc1)c1nc2ccccc2n1Cc1ccccc1. The summed E-state index contributed by atoms with van der Waals surface area (Å²) in [7, 11) is 0. The Hall–Kier alpha value is -3.40. The number of aromatic nitrogens is 2. The van der Waals surface area contributed by atoms with Crippen LogP contribution < -0.4 is 0 Å². The molecule has 0 aliphatic rings. The van der Waals surface area contributed by atoms with Gasteiger partial charge in [0.25, 0.3) is 0 Å². The van der Waals surface area contributed by atoms with Crippen LogP contribution in [0.5, 0.6) is 0 Å². The molecular weight excluding hydrogens is 310 g/mol. The minimum absolute atomic E-state index is 0.465. The Kier molecular flexibility index (Phi) is 4.01. The Balaban J connectivity index is 1.90. The number of hydrogen-bond acceptors (Lipinski definition) is 3. The van der Waals surface area contributed by atoms with Gasteiger partial charge < -0.3 is 9.77 Å². The van der Waals surface area contributed by atoms with E-state index in [1.54, 1.807) is 0 Å². The predicted octanol–water partition coefficient (Wildman–Crippen LogP) is 4.31. The summed E-state index contributed by atoms with van der Waals surface area (Å²) in [5, 5.41) is 13.2. The third kappa shape index (κ3) is 2.90. The molecule has 3 aromatic carbocycles. The molecule has 0 saturated carbocycles. The normalized spacial score (nSPS) is 11.8. The highest BCUT2D eigenvalue weighted by Crippen LogP contribution is 2.21. The van der Waals surface area contributed by atoms with Crippen molar-refractivity contribution >= 4 is 16.7 Å². The van der Waals surface area contributed by atoms with Gasteiger partial charge >= 0.3 is 0 Å². The summed E-state index contributed by atoms with van der Waals surface area (Å²) in [6.45, 7) is 0.655. The third-order valence-electron chi connectivity index (χ3n) is 4.20. The second-order valence-electron chi connectivity index (χ2n) is 5.81. The molecule has 0 bridgehead atoms. The lowest BCUT2D eigenvalue weighted by atomic mass is 10.1. The van der Waals surface area contributed by atoms with E-state index in [1.165, 1.54) is 0 Å². The minimum atomic E-state index is 0.465. The van der Waals surface area contributed by atoms with E-state index < -0.39 is 0 Å². The summed E-state index contributed by atoms with van der Waals surface area (Å²) in [5.74, 6) is 0.652. The summed E-state index contributed by atoms with van der Waals surface area (Å²) in [4.78, 5) is 4.73. The quantitative estimate of drug-likeness (QED) is 0.345. The van der Waals surface area contributed by atoms with Gasteiger partial charge in [0.1, 0.15) is 0 Å². The van der Waals surface area contributed by atoms with Crippen LogP contribution in [-0.4, -0.2) is 20.5 Å². The molecule has 4 heteroatoms. The molecule has 0 unspecified atom stereocenters. The summed E-state index contributed by atoms with van der Waals surface area (Å²) < 4.78 is 2.09. The molecular formula is C21H17N3O. The predicted molar refractivity (Wildman–Crippen MR) is 99.1 cm³/mol. The molecule has 4 nitrogen and oxygen atoms in total. The number of para-hydroxylation sites is 2. The van der Waals surface area contributed by atoms with E-state index in [4.69, 9.17) is 4.98 Å². The first-order chi connectivity index (χ1) is 12.4.